The van der Waals surface area contributed by atoms with Crippen LogP contribution in [-0.2, 0) is 15.7 Å². The van der Waals surface area contributed by atoms with Gasteiger partial charge in [0.2, 0.25) is 0 Å². The number of ketones is 1. The molecule has 1 N–H and O–H groups in total. The highest BCUT2D eigenvalue weighted by Crippen LogP contribution is 2.24. The molecule has 0 aromatic carbocycles. The van der Waals surface area contributed by atoms with E-state index in [9.17, 15) is 9.90 Å². The van der Waals surface area contributed by atoms with Crippen LogP contribution in [0, 0.1) is 0 Å². The van der Waals surface area contributed by atoms with Gasteiger partial charge in [0.15, 0.2) is 10.7 Å². The van der Waals surface area contributed by atoms with E-state index in [1.807, 2.05) is 0 Å². The van der Waals surface area contributed by atoms with Crippen molar-refractivity contribution in [3.8, 4) is 0 Å². The fourth-order valence-corrected chi connectivity index (χ4v) is 4.51. The predicted molar refractivity (Wildman–Crippen MR) is 77.6 cm³/mol. The molecule has 1 aliphatic rings. The summed E-state index contributed by atoms with van der Waals surface area (Å²) >= 11 is 0. The average Bonchev–Trinajstić information content (AvgIpc) is 2.86. The molecule has 106 valence electrons. The molecule has 4 heteroatoms. The zero-order valence-electron chi connectivity index (χ0n) is 11.7. The second-order valence-corrected chi connectivity index (χ2v) is 6.97. The van der Waals surface area contributed by atoms with Gasteiger partial charge in [-0.05, 0) is 32.3 Å². The van der Waals surface area contributed by atoms with E-state index in [4.69, 9.17) is 5.11 Å². The average molecular weight is 282 g/mol. The second kappa shape index (κ2) is 8.26. The van der Waals surface area contributed by atoms with Crippen molar-refractivity contribution >= 4 is 16.7 Å². The molecule has 0 aliphatic carbocycles. The molecule has 1 aliphatic heterocycles. The van der Waals surface area contributed by atoms with Gasteiger partial charge in [0.25, 0.3) is 0 Å². The van der Waals surface area contributed by atoms with Gasteiger partial charge in [0, 0.05) is 29.5 Å². The summed E-state index contributed by atoms with van der Waals surface area (Å²) in [6.07, 6.45) is 5.55. The molecule has 19 heavy (non-hydrogen) atoms. The minimum atomic E-state index is -0.212. The van der Waals surface area contributed by atoms with E-state index < -0.39 is 0 Å². The lowest BCUT2D eigenvalue weighted by Gasteiger charge is -2.08. The van der Waals surface area contributed by atoms with Crippen molar-refractivity contribution in [3.05, 3.63) is 28.0 Å². The highest BCUT2D eigenvalue weighted by Gasteiger charge is 2.28. The number of rotatable bonds is 6. The first kappa shape index (κ1) is 16.1. The maximum absolute atomic E-state index is 11.4. The maximum atomic E-state index is 11.4. The molecule has 0 bridgehead atoms. The van der Waals surface area contributed by atoms with Gasteiger partial charge in [-0.15, -0.1) is 5.76 Å². The van der Waals surface area contributed by atoms with Crippen LogP contribution < -0.4 is 5.11 Å². The highest BCUT2D eigenvalue weighted by molar-refractivity contribution is 8.00. The van der Waals surface area contributed by atoms with Gasteiger partial charge < -0.3 is 10.2 Å². The van der Waals surface area contributed by atoms with Gasteiger partial charge in [-0.25, -0.2) is 0 Å². The number of aliphatic hydroxyl groups excluding tert-OH is 1. The van der Waals surface area contributed by atoms with Gasteiger partial charge >= 0.3 is 0 Å². The van der Waals surface area contributed by atoms with Crippen molar-refractivity contribution in [1.29, 1.82) is 0 Å². The molecular weight excluding hydrogens is 260 g/mol. The van der Waals surface area contributed by atoms with Crippen molar-refractivity contribution in [2.75, 3.05) is 18.1 Å². The van der Waals surface area contributed by atoms with Crippen molar-refractivity contribution in [2.24, 2.45) is 0 Å². The van der Waals surface area contributed by atoms with Gasteiger partial charge in [-0.1, -0.05) is 12.7 Å². The Kier molecular flexibility index (Phi) is 7.00. The molecule has 0 saturated carbocycles. The normalized spacial score (nSPS) is 16.8. The summed E-state index contributed by atoms with van der Waals surface area (Å²) in [7, 11) is 0.218. The number of allylic oxidation sites excluding steroid dienone is 3. The molecule has 1 rings (SSSR count). The summed E-state index contributed by atoms with van der Waals surface area (Å²) < 4.78 is 0. The number of aliphatic hydroxyl groups is 1. The molecule has 0 aromatic heterocycles. The number of hydrogen-bond donors (Lipinski definition) is 1. The van der Waals surface area contributed by atoms with E-state index in [1.54, 1.807) is 6.08 Å². The Hall–Kier alpha value is -0.960. The van der Waals surface area contributed by atoms with Crippen LogP contribution in [0.4, 0.5) is 0 Å². The van der Waals surface area contributed by atoms with Crippen molar-refractivity contribution < 1.29 is 15.0 Å². The molecule has 0 aromatic rings. The standard InChI is InChI=1S/C15H22O3S/c1-12(17)15(13(2)18)8-7-14(6-5-9-16)19-10-3-4-11-19/h8,16H,3-6,9-11H2,1-2H3. The maximum Gasteiger partial charge on any atom is 0.174 e. The van der Waals surface area contributed by atoms with Crippen molar-refractivity contribution in [3.63, 3.8) is 0 Å². The molecule has 1 fully saturated rings. The van der Waals surface area contributed by atoms with E-state index >= 15 is 0 Å². The van der Waals surface area contributed by atoms with Crippen molar-refractivity contribution in [2.45, 2.75) is 39.5 Å². The second-order valence-electron chi connectivity index (χ2n) is 4.67. The zero-order chi connectivity index (χ0) is 14.3. The van der Waals surface area contributed by atoms with Crippen LogP contribution >= 0.6 is 0 Å². The third kappa shape index (κ3) is 5.27. The minimum absolute atomic E-state index is 0.165. The Labute approximate surface area is 118 Å². The van der Waals surface area contributed by atoms with Gasteiger partial charge in [-0.3, -0.25) is 4.79 Å². The van der Waals surface area contributed by atoms with Crippen LogP contribution in [0.1, 0.15) is 39.5 Å². The summed E-state index contributed by atoms with van der Waals surface area (Å²) in [5, 5.41) is 20.3. The Morgan fingerprint density at radius 3 is 2.47 bits per heavy atom. The molecule has 3 nitrogen and oxygen atoms in total. The van der Waals surface area contributed by atoms with E-state index in [-0.39, 0.29) is 34.6 Å². The Balaban J connectivity index is 2.97. The molecule has 1 saturated heterocycles. The number of carbonyl (C=O) groups is 1. The highest BCUT2D eigenvalue weighted by atomic mass is 32.2. The van der Waals surface area contributed by atoms with E-state index in [1.165, 1.54) is 43.1 Å². The van der Waals surface area contributed by atoms with E-state index in [2.05, 4.69) is 5.73 Å². The monoisotopic (exact) mass is 282 g/mol. The molecule has 0 spiro atoms. The van der Waals surface area contributed by atoms with Gasteiger partial charge in [0.1, 0.15) is 11.5 Å². The zero-order valence-corrected chi connectivity index (χ0v) is 12.5. The lowest BCUT2D eigenvalue weighted by Crippen LogP contribution is -2.09. The molecular formula is C15H22O3S. The van der Waals surface area contributed by atoms with Crippen LogP contribution in [0.3, 0.4) is 0 Å². The van der Waals surface area contributed by atoms with Crippen LogP contribution in [0.2, 0.25) is 0 Å². The summed E-state index contributed by atoms with van der Waals surface area (Å²) in [5.41, 5.74) is 3.39. The first-order chi connectivity index (χ1) is 9.06. The van der Waals surface area contributed by atoms with Crippen LogP contribution in [0.5, 0.6) is 0 Å². The third-order valence-electron chi connectivity index (χ3n) is 3.08. The van der Waals surface area contributed by atoms with Crippen LogP contribution in [0.25, 0.3) is 0 Å². The van der Waals surface area contributed by atoms with Gasteiger partial charge in [-0.2, -0.15) is 0 Å². The number of carbonyl (C=O) groups excluding carboxylic acids is 1. The lowest BCUT2D eigenvalue weighted by molar-refractivity contribution is -0.302. The summed E-state index contributed by atoms with van der Waals surface area (Å²) in [4.78, 5) is 12.5. The Morgan fingerprint density at radius 1 is 1.37 bits per heavy atom. The predicted octanol–water partition coefficient (Wildman–Crippen LogP) is 1.43. The molecule has 0 amide bonds. The van der Waals surface area contributed by atoms with Crippen LogP contribution in [0.15, 0.2) is 28.0 Å². The lowest BCUT2D eigenvalue weighted by atomic mass is 10.1. The first-order valence-corrected chi connectivity index (χ1v) is 8.25. The smallest absolute Gasteiger partial charge is 0.174 e. The summed E-state index contributed by atoms with van der Waals surface area (Å²) in [6.45, 7) is 2.97. The summed E-state index contributed by atoms with van der Waals surface area (Å²) in [5.74, 6) is 1.93. The molecule has 0 radical (unpaired) electrons. The number of hydrogen-bond acceptors (Lipinski definition) is 3. The Bertz CT molecular complexity index is 407. The third-order valence-corrected chi connectivity index (χ3v) is 5.66. The SMILES string of the molecule is CC(=O)/C(C=C=C(CCCO)[S+]1CCCC1)=C(\C)[O-]. The van der Waals surface area contributed by atoms with Gasteiger partial charge in [0.05, 0.1) is 0 Å². The Morgan fingerprint density at radius 2 is 2.00 bits per heavy atom. The fourth-order valence-electron chi connectivity index (χ4n) is 2.04. The molecule has 0 atom stereocenters. The topological polar surface area (TPSA) is 60.4 Å². The van der Waals surface area contributed by atoms with E-state index in [0.717, 1.165) is 12.8 Å². The molecule has 0 unspecified atom stereocenters. The minimum Gasteiger partial charge on any atom is -0.875 e. The van der Waals surface area contributed by atoms with E-state index in [0.29, 0.717) is 0 Å². The van der Waals surface area contributed by atoms with Crippen LogP contribution in [-0.4, -0.2) is 29.0 Å². The largest absolute Gasteiger partial charge is 0.875 e. The molecule has 1 heterocycles. The first-order valence-electron chi connectivity index (χ1n) is 6.69. The quantitative estimate of drug-likeness (QED) is 0.264. The fraction of sp³-hybridized carbons (Fsp3) is 0.600. The summed E-state index contributed by atoms with van der Waals surface area (Å²) in [6, 6.07) is 0. The number of Topliss-reactive ketones (excluding diaryl/α,β-unsaturated/α-hetero) is 1. The van der Waals surface area contributed by atoms with Crippen molar-refractivity contribution in [1.82, 2.24) is 0 Å².